The largest absolute Gasteiger partial charge is 0.493 e. The van der Waals surface area contributed by atoms with E-state index in [4.69, 9.17) is 9.47 Å². The standard InChI is InChI=1S/C20H19BrN2O4/c1-4-13(2)27-20-18(21)10-14(11-19(20)26-3)9-16(12-22)15-5-7-17(8-6-15)23(24)25/h5-11,13H,4H2,1-3H3. The molecule has 2 rings (SSSR count). The first kappa shape index (κ1) is 20.5. The lowest BCUT2D eigenvalue weighted by atomic mass is 10.0. The summed E-state index contributed by atoms with van der Waals surface area (Å²) >= 11 is 3.50. The molecule has 0 aliphatic rings. The van der Waals surface area contributed by atoms with Gasteiger partial charge in [0.25, 0.3) is 5.69 Å². The lowest BCUT2D eigenvalue weighted by Crippen LogP contribution is -2.11. The van der Waals surface area contributed by atoms with Crippen molar-refractivity contribution >= 4 is 33.3 Å². The van der Waals surface area contributed by atoms with Gasteiger partial charge in [0.1, 0.15) is 0 Å². The molecular formula is C20H19BrN2O4. The number of nitrogens with zero attached hydrogens (tertiary/aromatic N) is 2. The van der Waals surface area contributed by atoms with Gasteiger partial charge in [0.2, 0.25) is 0 Å². The highest BCUT2D eigenvalue weighted by Crippen LogP contribution is 2.38. The molecule has 0 spiro atoms. The van der Waals surface area contributed by atoms with Crippen LogP contribution in [0.1, 0.15) is 31.4 Å². The lowest BCUT2D eigenvalue weighted by molar-refractivity contribution is -0.384. The van der Waals surface area contributed by atoms with Crippen molar-refractivity contribution < 1.29 is 14.4 Å². The van der Waals surface area contributed by atoms with Gasteiger partial charge in [-0.05, 0) is 70.7 Å². The number of non-ortho nitro benzene ring substituents is 1. The van der Waals surface area contributed by atoms with Crippen LogP contribution >= 0.6 is 15.9 Å². The van der Waals surface area contributed by atoms with Crippen LogP contribution in [0.2, 0.25) is 0 Å². The molecule has 27 heavy (non-hydrogen) atoms. The summed E-state index contributed by atoms with van der Waals surface area (Å²) in [4.78, 5) is 10.3. The van der Waals surface area contributed by atoms with Crippen LogP contribution < -0.4 is 9.47 Å². The summed E-state index contributed by atoms with van der Waals surface area (Å²) < 4.78 is 12.1. The number of hydrogen-bond donors (Lipinski definition) is 0. The topological polar surface area (TPSA) is 85.4 Å². The number of hydrogen-bond acceptors (Lipinski definition) is 5. The molecule has 140 valence electrons. The van der Waals surface area contributed by atoms with Crippen molar-refractivity contribution in [1.29, 1.82) is 5.26 Å². The zero-order chi connectivity index (χ0) is 20.0. The summed E-state index contributed by atoms with van der Waals surface area (Å²) in [7, 11) is 1.56. The van der Waals surface area contributed by atoms with E-state index < -0.39 is 4.92 Å². The number of halogens is 1. The van der Waals surface area contributed by atoms with Gasteiger partial charge in [0.15, 0.2) is 11.5 Å². The van der Waals surface area contributed by atoms with Crippen LogP contribution in [0.15, 0.2) is 40.9 Å². The monoisotopic (exact) mass is 430 g/mol. The van der Waals surface area contributed by atoms with Crippen LogP contribution in [0.4, 0.5) is 5.69 Å². The zero-order valence-electron chi connectivity index (χ0n) is 15.2. The minimum atomic E-state index is -0.475. The maximum absolute atomic E-state index is 10.8. The highest BCUT2D eigenvalue weighted by molar-refractivity contribution is 9.10. The molecule has 7 heteroatoms. The number of rotatable bonds is 7. The van der Waals surface area contributed by atoms with Crippen molar-refractivity contribution in [3.05, 3.63) is 62.1 Å². The van der Waals surface area contributed by atoms with Crippen molar-refractivity contribution in [3.63, 3.8) is 0 Å². The summed E-state index contributed by atoms with van der Waals surface area (Å²) in [6.45, 7) is 4.01. The minimum absolute atomic E-state index is 0.0213. The van der Waals surface area contributed by atoms with Gasteiger partial charge in [-0.3, -0.25) is 10.1 Å². The fourth-order valence-electron chi connectivity index (χ4n) is 2.33. The second-order valence-electron chi connectivity index (χ2n) is 5.84. The molecular weight excluding hydrogens is 412 g/mol. The second-order valence-corrected chi connectivity index (χ2v) is 6.70. The highest BCUT2D eigenvalue weighted by atomic mass is 79.9. The summed E-state index contributed by atoms with van der Waals surface area (Å²) in [5.74, 6) is 1.16. The average Bonchev–Trinajstić information content (AvgIpc) is 2.67. The third-order valence-electron chi connectivity index (χ3n) is 3.97. The predicted molar refractivity (Wildman–Crippen MR) is 108 cm³/mol. The van der Waals surface area contributed by atoms with Gasteiger partial charge >= 0.3 is 0 Å². The first-order valence-corrected chi connectivity index (χ1v) is 9.09. The van der Waals surface area contributed by atoms with Crippen molar-refractivity contribution in [1.82, 2.24) is 0 Å². The Hall–Kier alpha value is -2.85. The van der Waals surface area contributed by atoms with Crippen LogP contribution in [0, 0.1) is 21.4 Å². The molecule has 6 nitrogen and oxygen atoms in total. The van der Waals surface area contributed by atoms with Crippen LogP contribution in [-0.2, 0) is 0 Å². The Morgan fingerprint density at radius 3 is 2.56 bits per heavy atom. The summed E-state index contributed by atoms with van der Waals surface area (Å²) in [6.07, 6.45) is 2.59. The number of nitriles is 1. The first-order valence-electron chi connectivity index (χ1n) is 8.30. The van der Waals surface area contributed by atoms with E-state index in [-0.39, 0.29) is 11.8 Å². The molecule has 1 atom stereocenters. The van der Waals surface area contributed by atoms with E-state index in [9.17, 15) is 15.4 Å². The molecule has 0 saturated carbocycles. The normalized spacial score (nSPS) is 12.2. The Morgan fingerprint density at radius 2 is 2.04 bits per heavy atom. The fraction of sp³-hybridized carbons (Fsp3) is 0.250. The maximum Gasteiger partial charge on any atom is 0.269 e. The molecule has 0 N–H and O–H groups in total. The third kappa shape index (κ3) is 5.08. The number of benzene rings is 2. The molecule has 1 unspecified atom stereocenters. The molecule has 2 aromatic carbocycles. The quantitative estimate of drug-likeness (QED) is 0.246. The number of allylic oxidation sites excluding steroid dienone is 1. The molecule has 0 heterocycles. The van der Waals surface area contributed by atoms with Gasteiger partial charge in [-0.15, -0.1) is 0 Å². The summed E-state index contributed by atoms with van der Waals surface area (Å²) in [6, 6.07) is 11.6. The Kier molecular flexibility index (Phi) is 6.97. The summed E-state index contributed by atoms with van der Waals surface area (Å²) in [5, 5.41) is 20.3. The minimum Gasteiger partial charge on any atom is -0.493 e. The molecule has 0 bridgehead atoms. The van der Waals surface area contributed by atoms with Gasteiger partial charge in [-0.25, -0.2) is 0 Å². The Bertz CT molecular complexity index is 901. The first-order chi connectivity index (χ1) is 12.9. The van der Waals surface area contributed by atoms with Gasteiger partial charge in [0, 0.05) is 12.1 Å². The van der Waals surface area contributed by atoms with Gasteiger partial charge in [0.05, 0.1) is 34.3 Å². The molecule has 0 radical (unpaired) electrons. The van der Waals surface area contributed by atoms with Crippen LogP contribution in [0.3, 0.4) is 0 Å². The van der Waals surface area contributed by atoms with Crippen molar-refractivity contribution in [2.45, 2.75) is 26.4 Å². The van der Waals surface area contributed by atoms with E-state index in [1.807, 2.05) is 19.9 Å². The van der Waals surface area contributed by atoms with E-state index >= 15 is 0 Å². The van der Waals surface area contributed by atoms with Gasteiger partial charge < -0.3 is 9.47 Å². The molecule has 0 aromatic heterocycles. The van der Waals surface area contributed by atoms with E-state index in [1.54, 1.807) is 31.4 Å². The van der Waals surface area contributed by atoms with E-state index in [0.717, 1.165) is 16.5 Å². The van der Waals surface area contributed by atoms with E-state index in [0.29, 0.717) is 22.6 Å². The number of methoxy groups -OCH3 is 1. The Balaban J connectivity index is 2.42. The Morgan fingerprint density at radius 1 is 1.37 bits per heavy atom. The Labute approximate surface area is 166 Å². The van der Waals surface area contributed by atoms with Crippen molar-refractivity contribution in [2.24, 2.45) is 0 Å². The number of nitro benzene ring substituents is 1. The molecule has 0 saturated heterocycles. The molecule has 0 amide bonds. The molecule has 0 aliphatic heterocycles. The van der Waals surface area contributed by atoms with E-state index in [1.165, 1.54) is 12.1 Å². The number of ether oxygens (including phenoxy) is 2. The smallest absolute Gasteiger partial charge is 0.269 e. The molecule has 2 aromatic rings. The second kappa shape index (κ2) is 9.19. The van der Waals surface area contributed by atoms with E-state index in [2.05, 4.69) is 22.0 Å². The van der Waals surface area contributed by atoms with Crippen LogP contribution in [0.5, 0.6) is 11.5 Å². The highest BCUT2D eigenvalue weighted by Gasteiger charge is 2.14. The zero-order valence-corrected chi connectivity index (χ0v) is 16.8. The predicted octanol–water partition coefficient (Wildman–Crippen LogP) is 5.61. The maximum atomic E-state index is 10.8. The molecule has 0 aliphatic carbocycles. The summed E-state index contributed by atoms with van der Waals surface area (Å²) in [5.41, 5.74) is 1.70. The van der Waals surface area contributed by atoms with Gasteiger partial charge in [-0.1, -0.05) is 6.92 Å². The lowest BCUT2D eigenvalue weighted by Gasteiger charge is -2.17. The van der Waals surface area contributed by atoms with Crippen molar-refractivity contribution in [3.8, 4) is 17.6 Å². The average molecular weight is 431 g/mol. The van der Waals surface area contributed by atoms with Crippen LogP contribution in [0.25, 0.3) is 11.6 Å². The van der Waals surface area contributed by atoms with Crippen LogP contribution in [-0.4, -0.2) is 18.1 Å². The fourth-order valence-corrected chi connectivity index (χ4v) is 2.88. The SMILES string of the molecule is CCC(C)Oc1c(Br)cc(C=C(C#N)c2ccc([N+](=O)[O-])cc2)cc1OC. The van der Waals surface area contributed by atoms with Gasteiger partial charge in [-0.2, -0.15) is 5.26 Å². The van der Waals surface area contributed by atoms with Crippen molar-refractivity contribution in [2.75, 3.05) is 7.11 Å². The third-order valence-corrected chi connectivity index (χ3v) is 4.56. The molecule has 0 fully saturated rings. The number of nitro groups is 1.